The van der Waals surface area contributed by atoms with E-state index < -0.39 is 0 Å². The fraction of sp³-hybridized carbons (Fsp3) is 0.357. The van der Waals surface area contributed by atoms with Gasteiger partial charge in [0, 0.05) is 13.1 Å². The number of guanidine groups is 1. The van der Waals surface area contributed by atoms with Gasteiger partial charge in [0.2, 0.25) is 0 Å². The zero-order valence-electron chi connectivity index (χ0n) is 10.4. The minimum atomic E-state index is 0.757. The third kappa shape index (κ3) is 3.05. The van der Waals surface area contributed by atoms with Crippen LogP contribution in [0.25, 0.3) is 0 Å². The van der Waals surface area contributed by atoms with Gasteiger partial charge in [0.1, 0.15) is 0 Å². The van der Waals surface area contributed by atoms with Gasteiger partial charge in [0.25, 0.3) is 0 Å². The highest BCUT2D eigenvalue weighted by Crippen LogP contribution is 2.26. The Morgan fingerprint density at radius 1 is 1.44 bits per heavy atom. The lowest BCUT2D eigenvalue weighted by atomic mass is 10.2. The third-order valence-electron chi connectivity index (χ3n) is 2.85. The molecule has 0 bridgehead atoms. The number of aliphatic imine (C=N–C) groups is 1. The molecule has 1 aliphatic rings. The topological polar surface area (TPSA) is 27.6 Å². The molecule has 1 aliphatic heterocycles. The molecule has 0 unspecified atom stereocenters. The number of anilines is 1. The molecule has 1 N–H and O–H groups in total. The van der Waals surface area contributed by atoms with Gasteiger partial charge in [-0.2, -0.15) is 0 Å². The van der Waals surface area contributed by atoms with Gasteiger partial charge in [-0.15, -0.1) is 6.58 Å². The summed E-state index contributed by atoms with van der Waals surface area (Å²) in [5, 5.41) is 4.06. The molecule has 0 saturated heterocycles. The summed E-state index contributed by atoms with van der Waals surface area (Å²) in [6.45, 7) is 6.38. The first-order valence-electron chi connectivity index (χ1n) is 6.24. The summed E-state index contributed by atoms with van der Waals surface area (Å²) < 4.78 is 0. The van der Waals surface area contributed by atoms with E-state index in [-0.39, 0.29) is 0 Å². The number of nitrogens with zero attached hydrogens (tertiary/aromatic N) is 2. The lowest BCUT2D eigenvalue weighted by molar-refractivity contribution is 0.825. The van der Waals surface area contributed by atoms with E-state index in [0.29, 0.717) is 0 Å². The van der Waals surface area contributed by atoms with Gasteiger partial charge >= 0.3 is 0 Å². The van der Waals surface area contributed by atoms with E-state index in [1.54, 1.807) is 0 Å². The molecular weight excluding hydrogens is 246 g/mol. The van der Waals surface area contributed by atoms with Crippen LogP contribution < -0.4 is 10.2 Å². The van der Waals surface area contributed by atoms with Crippen LogP contribution in [-0.4, -0.2) is 25.6 Å². The number of rotatable bonds is 5. The maximum Gasteiger partial charge on any atom is 0.198 e. The van der Waals surface area contributed by atoms with E-state index in [0.717, 1.165) is 49.1 Å². The summed E-state index contributed by atoms with van der Waals surface area (Å²) in [6.07, 6.45) is 3.97. The predicted molar refractivity (Wildman–Crippen MR) is 78.5 cm³/mol. The first-order valence-corrected chi connectivity index (χ1v) is 6.62. The smallest absolute Gasteiger partial charge is 0.198 e. The van der Waals surface area contributed by atoms with Crippen LogP contribution in [0.3, 0.4) is 0 Å². The highest BCUT2D eigenvalue weighted by Gasteiger charge is 2.17. The van der Waals surface area contributed by atoms with E-state index in [1.165, 1.54) is 0 Å². The SMILES string of the molecule is C=CCCCN(C1=NCCN1)c1ccccc1Cl. The molecule has 1 aromatic carbocycles. The van der Waals surface area contributed by atoms with Crippen LogP contribution in [0.5, 0.6) is 0 Å². The highest BCUT2D eigenvalue weighted by atomic mass is 35.5. The lowest BCUT2D eigenvalue weighted by Crippen LogP contribution is -2.39. The van der Waals surface area contributed by atoms with Crippen molar-refractivity contribution in [2.24, 2.45) is 4.99 Å². The second-order valence-electron chi connectivity index (χ2n) is 4.17. The zero-order chi connectivity index (χ0) is 12.8. The van der Waals surface area contributed by atoms with E-state index in [9.17, 15) is 0 Å². The molecule has 2 rings (SSSR count). The number of benzene rings is 1. The first-order chi connectivity index (χ1) is 8.83. The van der Waals surface area contributed by atoms with Gasteiger partial charge in [-0.05, 0) is 25.0 Å². The molecule has 0 aromatic heterocycles. The van der Waals surface area contributed by atoms with Crippen LogP contribution in [0.2, 0.25) is 5.02 Å². The minimum absolute atomic E-state index is 0.757. The number of hydrogen-bond acceptors (Lipinski definition) is 3. The summed E-state index contributed by atoms with van der Waals surface area (Å²) in [5.41, 5.74) is 1.01. The fourth-order valence-electron chi connectivity index (χ4n) is 1.97. The second kappa shape index (κ2) is 6.45. The average molecular weight is 264 g/mol. The Bertz CT molecular complexity index is 442. The minimum Gasteiger partial charge on any atom is -0.354 e. The highest BCUT2D eigenvalue weighted by molar-refractivity contribution is 6.33. The van der Waals surface area contributed by atoms with Crippen LogP contribution in [0.4, 0.5) is 5.69 Å². The Hall–Kier alpha value is -1.48. The van der Waals surface area contributed by atoms with E-state index in [2.05, 4.69) is 21.8 Å². The molecule has 96 valence electrons. The standard InChI is InChI=1S/C14H18ClN3/c1-2-3-6-11-18(14-16-9-10-17-14)13-8-5-4-7-12(13)15/h2,4-5,7-8H,1,3,6,9-11H2,(H,16,17). The van der Waals surface area contributed by atoms with Crippen LogP contribution >= 0.6 is 11.6 Å². The molecule has 0 atom stereocenters. The number of halogens is 1. The predicted octanol–water partition coefficient (Wildman–Crippen LogP) is 3.07. The molecule has 1 heterocycles. The molecule has 0 aliphatic carbocycles. The van der Waals surface area contributed by atoms with Gasteiger partial charge in [-0.3, -0.25) is 4.99 Å². The van der Waals surface area contributed by atoms with Crippen molar-refractivity contribution in [3.8, 4) is 0 Å². The van der Waals surface area contributed by atoms with Gasteiger partial charge < -0.3 is 10.2 Å². The molecule has 4 heteroatoms. The van der Waals surface area contributed by atoms with Crippen LogP contribution in [-0.2, 0) is 0 Å². The summed E-state index contributed by atoms with van der Waals surface area (Å²) >= 11 is 6.27. The summed E-state index contributed by atoms with van der Waals surface area (Å²) in [6, 6.07) is 7.88. The van der Waals surface area contributed by atoms with Gasteiger partial charge in [-0.1, -0.05) is 29.8 Å². The Morgan fingerprint density at radius 3 is 2.94 bits per heavy atom. The fourth-order valence-corrected chi connectivity index (χ4v) is 2.21. The van der Waals surface area contributed by atoms with Crippen molar-refractivity contribution in [3.05, 3.63) is 41.9 Å². The average Bonchev–Trinajstić information content (AvgIpc) is 2.90. The molecule has 0 saturated carbocycles. The van der Waals surface area contributed by atoms with E-state index in [4.69, 9.17) is 11.6 Å². The number of allylic oxidation sites excluding steroid dienone is 1. The van der Waals surface area contributed by atoms with Crippen molar-refractivity contribution >= 4 is 23.2 Å². The van der Waals surface area contributed by atoms with Crippen LogP contribution in [0.1, 0.15) is 12.8 Å². The van der Waals surface area contributed by atoms with E-state index in [1.807, 2.05) is 30.3 Å². The Balaban J connectivity index is 2.18. The Labute approximate surface area is 113 Å². The number of hydrogen-bond donors (Lipinski definition) is 1. The first kappa shape index (κ1) is 13.0. The Kier molecular flexibility index (Phi) is 4.65. The maximum atomic E-state index is 6.27. The largest absolute Gasteiger partial charge is 0.354 e. The summed E-state index contributed by atoms with van der Waals surface area (Å²) in [7, 11) is 0. The van der Waals surface area contributed by atoms with Crippen molar-refractivity contribution in [1.82, 2.24) is 5.32 Å². The molecule has 1 aromatic rings. The molecule has 0 spiro atoms. The number of nitrogens with one attached hydrogen (secondary N) is 1. The molecule has 3 nitrogen and oxygen atoms in total. The molecule has 18 heavy (non-hydrogen) atoms. The second-order valence-corrected chi connectivity index (χ2v) is 4.57. The summed E-state index contributed by atoms with van der Waals surface area (Å²) in [4.78, 5) is 6.63. The molecule has 0 radical (unpaired) electrons. The van der Waals surface area contributed by atoms with Crippen molar-refractivity contribution < 1.29 is 0 Å². The van der Waals surface area contributed by atoms with Gasteiger partial charge in [0.05, 0.1) is 17.3 Å². The van der Waals surface area contributed by atoms with Crippen molar-refractivity contribution in [2.45, 2.75) is 12.8 Å². The quantitative estimate of drug-likeness (QED) is 0.653. The van der Waals surface area contributed by atoms with Crippen molar-refractivity contribution in [1.29, 1.82) is 0 Å². The van der Waals surface area contributed by atoms with Crippen LogP contribution in [0.15, 0.2) is 41.9 Å². The zero-order valence-corrected chi connectivity index (χ0v) is 11.2. The number of para-hydroxylation sites is 1. The lowest BCUT2D eigenvalue weighted by Gasteiger charge is -2.25. The van der Waals surface area contributed by atoms with Gasteiger partial charge in [-0.25, -0.2) is 0 Å². The number of unbranched alkanes of at least 4 members (excludes halogenated alkanes) is 1. The van der Waals surface area contributed by atoms with Crippen molar-refractivity contribution in [3.63, 3.8) is 0 Å². The maximum absolute atomic E-state index is 6.27. The van der Waals surface area contributed by atoms with E-state index >= 15 is 0 Å². The van der Waals surface area contributed by atoms with Crippen LogP contribution in [0, 0.1) is 0 Å². The molecule has 0 amide bonds. The molecular formula is C14H18ClN3. The Morgan fingerprint density at radius 2 is 2.28 bits per heavy atom. The monoisotopic (exact) mass is 263 g/mol. The summed E-state index contributed by atoms with van der Waals surface area (Å²) in [5.74, 6) is 0.923. The normalized spacial score (nSPS) is 13.9. The van der Waals surface area contributed by atoms with Crippen molar-refractivity contribution in [2.75, 3.05) is 24.5 Å². The molecule has 0 fully saturated rings. The third-order valence-corrected chi connectivity index (χ3v) is 3.16. The van der Waals surface area contributed by atoms with Gasteiger partial charge in [0.15, 0.2) is 5.96 Å².